The lowest BCUT2D eigenvalue weighted by Gasteiger charge is -2.63. The van der Waals surface area contributed by atoms with E-state index in [0.29, 0.717) is 65.0 Å². The number of amides is 2. The Morgan fingerprint density at radius 2 is 1.61 bits per heavy atom. The van der Waals surface area contributed by atoms with Crippen LogP contribution in [0, 0.1) is 16.6 Å². The lowest BCUT2D eigenvalue weighted by molar-refractivity contribution is -0.164. The van der Waals surface area contributed by atoms with Gasteiger partial charge in [-0.3, -0.25) is 19.0 Å². The molecule has 3 aliphatic heterocycles. The molecule has 0 bridgehead atoms. The first-order valence-corrected chi connectivity index (χ1v) is 22.7. The highest BCUT2D eigenvalue weighted by Gasteiger charge is 2.64. The number of likely N-dealkylation sites (tertiary alicyclic amines) is 1. The molecule has 338 valence electrons. The van der Waals surface area contributed by atoms with E-state index < -0.39 is 0 Å². The average molecular weight is 894 g/mol. The summed E-state index contributed by atoms with van der Waals surface area (Å²) in [5.74, 6) is 1.31. The molecule has 64 heavy (non-hydrogen) atoms. The number of nitrogens with two attached hydrogens (primary N) is 1. The molecule has 0 atom stereocenters. The molecule has 0 radical (unpaired) electrons. The maximum atomic E-state index is 15.6. The minimum absolute atomic E-state index is 0.0169. The van der Waals surface area contributed by atoms with Gasteiger partial charge in [-0.05, 0) is 55.5 Å². The minimum atomic E-state index is -0.379. The Morgan fingerprint density at radius 1 is 0.906 bits per heavy atom. The van der Waals surface area contributed by atoms with Gasteiger partial charge in [0.05, 0.1) is 40.7 Å². The Kier molecular flexibility index (Phi) is 11.6. The van der Waals surface area contributed by atoms with Gasteiger partial charge in [-0.15, -0.1) is 0 Å². The molecule has 3 fully saturated rings. The maximum absolute atomic E-state index is 15.6. The van der Waals surface area contributed by atoms with Crippen LogP contribution in [0.4, 0.5) is 27.5 Å². The maximum Gasteiger partial charge on any atom is 0.254 e. The normalized spacial score (nSPS) is 21.2. The van der Waals surface area contributed by atoms with E-state index in [-0.39, 0.29) is 46.6 Å². The number of aryl methyl sites for hydroxylation is 1. The van der Waals surface area contributed by atoms with Crippen LogP contribution in [0.15, 0.2) is 61.2 Å². The summed E-state index contributed by atoms with van der Waals surface area (Å²) >= 11 is 6.25. The summed E-state index contributed by atoms with van der Waals surface area (Å²) in [5.41, 5.74) is 10.1. The smallest absolute Gasteiger partial charge is 0.254 e. The third kappa shape index (κ3) is 8.26. The van der Waals surface area contributed by atoms with Crippen LogP contribution >= 0.6 is 11.6 Å². The Labute approximate surface area is 378 Å². The number of fused-ring (bicyclic) bond motifs is 1. The van der Waals surface area contributed by atoms with Gasteiger partial charge in [0.25, 0.3) is 5.91 Å². The van der Waals surface area contributed by atoms with E-state index in [9.17, 15) is 9.59 Å². The molecule has 0 unspecified atom stereocenters. The molecule has 4 aliphatic rings. The molecule has 1 aliphatic carbocycles. The van der Waals surface area contributed by atoms with Crippen molar-refractivity contribution in [3.63, 3.8) is 0 Å². The van der Waals surface area contributed by atoms with Crippen molar-refractivity contribution in [2.24, 2.45) is 17.9 Å². The zero-order valence-corrected chi connectivity index (χ0v) is 38.2. The lowest BCUT2D eigenvalue weighted by atomic mass is 9.49. The number of carbonyl (C=O) groups is 2. The van der Waals surface area contributed by atoms with Crippen LogP contribution in [0.25, 0.3) is 11.1 Å². The van der Waals surface area contributed by atoms with Gasteiger partial charge in [-0.2, -0.15) is 10.2 Å². The van der Waals surface area contributed by atoms with Crippen molar-refractivity contribution in [3.8, 4) is 16.9 Å². The van der Waals surface area contributed by atoms with Crippen molar-refractivity contribution in [3.05, 3.63) is 88.8 Å². The van der Waals surface area contributed by atoms with Crippen LogP contribution < -0.4 is 26.0 Å². The first-order chi connectivity index (χ1) is 30.6. The predicted molar refractivity (Wildman–Crippen MR) is 245 cm³/mol. The second-order valence-corrected chi connectivity index (χ2v) is 19.5. The van der Waals surface area contributed by atoms with Gasteiger partial charge in [-0.1, -0.05) is 45.4 Å². The number of rotatable bonds is 10. The molecule has 4 N–H and O–H groups in total. The Bertz CT molecular complexity index is 2530. The zero-order valence-electron chi connectivity index (χ0n) is 37.4. The molecule has 2 aromatic carbocycles. The molecule has 6 heterocycles. The van der Waals surface area contributed by atoms with Crippen LogP contribution in [-0.2, 0) is 24.8 Å². The summed E-state index contributed by atoms with van der Waals surface area (Å²) in [4.78, 5) is 41.9. The minimum Gasteiger partial charge on any atom is -0.489 e. The molecule has 0 spiro atoms. The summed E-state index contributed by atoms with van der Waals surface area (Å²) in [6, 6.07) is 10.9. The average Bonchev–Trinajstić information content (AvgIpc) is 3.89. The van der Waals surface area contributed by atoms with Crippen molar-refractivity contribution in [1.29, 1.82) is 0 Å². The first-order valence-electron chi connectivity index (χ1n) is 22.3. The van der Waals surface area contributed by atoms with Crippen molar-refractivity contribution in [2.45, 2.75) is 97.5 Å². The van der Waals surface area contributed by atoms with E-state index in [2.05, 4.69) is 67.9 Å². The first kappa shape index (κ1) is 43.5. The van der Waals surface area contributed by atoms with Gasteiger partial charge in [0, 0.05) is 118 Å². The zero-order chi connectivity index (χ0) is 45.1. The number of carbonyl (C=O) groups excluding carboxylic acids is 2. The summed E-state index contributed by atoms with van der Waals surface area (Å²) < 4.78 is 25.8. The number of ether oxygens (including phenoxy) is 1. The van der Waals surface area contributed by atoms with E-state index in [1.54, 1.807) is 48.4 Å². The molecule has 3 aromatic heterocycles. The number of anilines is 4. The number of aromatic nitrogens is 6. The predicted octanol–water partition coefficient (Wildman–Crippen LogP) is 7.01. The van der Waals surface area contributed by atoms with E-state index >= 15 is 4.39 Å². The van der Waals surface area contributed by atoms with Crippen molar-refractivity contribution < 1.29 is 18.7 Å². The van der Waals surface area contributed by atoms with Crippen molar-refractivity contribution >= 4 is 46.6 Å². The van der Waals surface area contributed by atoms with E-state index in [0.717, 1.165) is 74.2 Å². The number of nitrogens with zero attached hydrogens (tertiary/aromatic N) is 9. The Morgan fingerprint density at radius 3 is 2.25 bits per heavy atom. The topological polar surface area (TPSA) is 165 Å². The van der Waals surface area contributed by atoms with Gasteiger partial charge in [-0.25, -0.2) is 14.4 Å². The fraction of sp³-hybridized carbons (Fsp3) is 0.489. The highest BCUT2D eigenvalue weighted by atomic mass is 35.5. The third-order valence-electron chi connectivity index (χ3n) is 14.1. The highest BCUT2D eigenvalue weighted by molar-refractivity contribution is 6.33. The molecular formula is C47H58ClFN12O3. The van der Waals surface area contributed by atoms with Crippen molar-refractivity contribution in [2.75, 3.05) is 48.7 Å². The van der Waals surface area contributed by atoms with Crippen LogP contribution in [0.2, 0.25) is 5.02 Å². The number of piperidine rings is 2. The summed E-state index contributed by atoms with van der Waals surface area (Å²) in [5, 5.41) is 16.3. The second kappa shape index (κ2) is 17.0. The lowest BCUT2D eigenvalue weighted by Crippen LogP contribution is -2.74. The van der Waals surface area contributed by atoms with Gasteiger partial charge in [0.2, 0.25) is 11.9 Å². The number of nitrogen functional groups attached to an aromatic ring is 1. The number of halogens is 2. The van der Waals surface area contributed by atoms with Crippen LogP contribution in [0.3, 0.4) is 0 Å². The summed E-state index contributed by atoms with van der Waals surface area (Å²) in [6.45, 7) is 14.6. The number of nitrogens with one attached hydrogen (secondary N) is 2. The SMILES string of the molecule is CC(=O)N1CCc2c(c(Nc3ccc(-c4cnn(C)c4)cc3F)nn2C2CCN(C3CCN(c4ncc(C(=O)NC5C(C)(C)C(Oc6ccc(N)c(Cl)c6)C5(C)C)cn4)CC3)CC2)C1. The van der Waals surface area contributed by atoms with Gasteiger partial charge >= 0.3 is 0 Å². The van der Waals surface area contributed by atoms with Gasteiger partial charge in [0.15, 0.2) is 5.82 Å². The fourth-order valence-electron chi connectivity index (χ4n) is 10.9. The second-order valence-electron chi connectivity index (χ2n) is 19.1. The van der Waals surface area contributed by atoms with Gasteiger partial charge in [0.1, 0.15) is 17.7 Å². The molecule has 9 rings (SSSR count). The molecule has 2 amide bonds. The van der Waals surface area contributed by atoms with E-state index in [1.807, 2.05) is 30.3 Å². The number of benzene rings is 2. The monoisotopic (exact) mass is 892 g/mol. The summed E-state index contributed by atoms with van der Waals surface area (Å²) in [6.07, 6.45) is 11.2. The Hall–Kier alpha value is -5.74. The third-order valence-corrected chi connectivity index (χ3v) is 14.5. The van der Waals surface area contributed by atoms with Gasteiger partial charge < -0.3 is 35.8 Å². The van der Waals surface area contributed by atoms with Crippen molar-refractivity contribution in [1.82, 2.24) is 44.6 Å². The molecule has 1 saturated carbocycles. The largest absolute Gasteiger partial charge is 0.489 e. The number of hydrogen-bond acceptors (Lipinski definition) is 11. The van der Waals surface area contributed by atoms with E-state index in [4.69, 9.17) is 27.2 Å². The highest BCUT2D eigenvalue weighted by Crippen LogP contribution is 2.55. The number of hydrogen-bond donors (Lipinski definition) is 3. The molecular weight excluding hydrogens is 835 g/mol. The quantitative estimate of drug-likeness (QED) is 0.124. The Balaban J connectivity index is 0.786. The summed E-state index contributed by atoms with van der Waals surface area (Å²) in [7, 11) is 1.83. The van der Waals surface area contributed by atoms with Crippen LogP contribution in [-0.4, -0.2) is 102 Å². The molecule has 5 aromatic rings. The van der Waals surface area contributed by atoms with Crippen LogP contribution in [0.1, 0.15) is 88.0 Å². The molecule has 2 saturated heterocycles. The molecule has 17 heteroatoms. The van der Waals surface area contributed by atoms with Crippen LogP contribution in [0.5, 0.6) is 5.75 Å². The molecule has 15 nitrogen and oxygen atoms in total. The van der Waals surface area contributed by atoms with E-state index in [1.165, 1.54) is 6.07 Å². The standard InChI is InChI=1S/C47H58ClFN12O3/c1-28(62)60-20-15-40-35(27-60)41(54-39-10-7-29(21-37(39)49)31-25-53-57(6)26-31)56-61(40)33-13-16-58(17-14-33)32-11-18-59(19-12-32)45-51-23-30(24-52-45)42(63)55-43-46(2,3)44(47(43,4)5)64-34-8-9-38(50)36(48)22-34/h7-10,21-26,32-33,43-44H,11-20,27,50H2,1-6H3,(H,54,56)(H,55,63). The fourth-order valence-corrected chi connectivity index (χ4v) is 11.0.